The van der Waals surface area contributed by atoms with E-state index in [4.69, 9.17) is 37.9 Å². The van der Waals surface area contributed by atoms with Crippen LogP contribution < -0.4 is 0 Å². The minimum absolute atomic E-state index is 0.0214. The van der Waals surface area contributed by atoms with E-state index in [9.17, 15) is 28.8 Å². The summed E-state index contributed by atoms with van der Waals surface area (Å²) in [5.41, 5.74) is 0. The van der Waals surface area contributed by atoms with E-state index in [1.807, 2.05) is 4.90 Å². The Labute approximate surface area is 436 Å². The van der Waals surface area contributed by atoms with Crippen molar-refractivity contribution in [2.45, 2.75) is 246 Å². The molecule has 16 nitrogen and oxygen atoms in total. The summed E-state index contributed by atoms with van der Waals surface area (Å²) in [5, 5.41) is 0. The number of esters is 4. The highest BCUT2D eigenvalue weighted by molar-refractivity contribution is 5.70. The Morgan fingerprint density at radius 2 is 0.583 bits per heavy atom. The Kier molecular flexibility index (Phi) is 48.3. The van der Waals surface area contributed by atoms with E-state index in [2.05, 4.69) is 46.4 Å². The van der Waals surface area contributed by atoms with E-state index < -0.39 is 24.5 Å². The molecule has 422 valence electrons. The van der Waals surface area contributed by atoms with Crippen molar-refractivity contribution in [3.05, 3.63) is 0 Å². The third kappa shape index (κ3) is 45.0. The first-order valence-electron chi connectivity index (χ1n) is 28.7. The maximum absolute atomic E-state index is 13.1. The van der Waals surface area contributed by atoms with E-state index in [-0.39, 0.29) is 62.8 Å². The van der Waals surface area contributed by atoms with Crippen LogP contribution in [-0.2, 0) is 57.1 Å². The number of carbonyl (C=O) groups is 6. The van der Waals surface area contributed by atoms with Crippen LogP contribution in [0.5, 0.6) is 0 Å². The molecule has 0 fully saturated rings. The van der Waals surface area contributed by atoms with Gasteiger partial charge in [0, 0.05) is 51.9 Å². The highest BCUT2D eigenvalue weighted by Gasteiger charge is 2.21. The number of unbranched alkanes of at least 4 members (excludes halogenated alkanes) is 14. The standard InChI is InChI=1S/C56H104N2O14/c1-7-13-17-21-25-45-67-53(61)37-29-33-50(34-30-38-54(62)68-46-26-22-18-14-8-2)72-56(64)70-48-42-58(40-39-57(11-5)12-6)41-47-69-55(63)71-49(31-27-35-51(59)65-43-23-19-15-9-3)32-28-36-52(60)66-44-24-20-16-10-4/h49-50H,7-48H2,1-6H3. The quantitative estimate of drug-likeness (QED) is 0.0318. The summed E-state index contributed by atoms with van der Waals surface area (Å²) in [5.74, 6) is -1.12. The van der Waals surface area contributed by atoms with Crippen molar-refractivity contribution in [2.24, 2.45) is 0 Å². The van der Waals surface area contributed by atoms with Gasteiger partial charge in [-0.1, -0.05) is 131 Å². The van der Waals surface area contributed by atoms with Gasteiger partial charge in [0.1, 0.15) is 25.4 Å². The molecule has 0 N–H and O–H groups in total. The van der Waals surface area contributed by atoms with Crippen LogP contribution in [0.4, 0.5) is 9.59 Å². The van der Waals surface area contributed by atoms with Gasteiger partial charge in [-0.05, 0) is 90.1 Å². The highest BCUT2D eigenvalue weighted by atomic mass is 16.7. The number of hydrogen-bond acceptors (Lipinski definition) is 16. The smallest absolute Gasteiger partial charge is 0.466 e. The van der Waals surface area contributed by atoms with Gasteiger partial charge in [-0.15, -0.1) is 0 Å². The molecule has 0 unspecified atom stereocenters. The van der Waals surface area contributed by atoms with Gasteiger partial charge >= 0.3 is 36.2 Å². The lowest BCUT2D eigenvalue weighted by molar-refractivity contribution is -0.145. The molecule has 0 spiro atoms. The summed E-state index contributed by atoms with van der Waals surface area (Å²) in [4.78, 5) is 80.1. The van der Waals surface area contributed by atoms with Crippen LogP contribution in [0.2, 0.25) is 0 Å². The van der Waals surface area contributed by atoms with Crippen LogP contribution >= 0.6 is 0 Å². The predicted octanol–water partition coefficient (Wildman–Crippen LogP) is 12.6. The number of rotatable bonds is 51. The molecular formula is C56H104N2O14. The van der Waals surface area contributed by atoms with Crippen LogP contribution in [0, 0.1) is 0 Å². The number of nitrogens with zero attached hydrogens (tertiary/aromatic N) is 2. The third-order valence-corrected chi connectivity index (χ3v) is 12.6. The van der Waals surface area contributed by atoms with E-state index in [0.717, 1.165) is 122 Å². The molecule has 16 heteroatoms. The first-order chi connectivity index (χ1) is 35.0. The van der Waals surface area contributed by atoms with Crippen LogP contribution in [-0.4, -0.2) is 137 Å². The highest BCUT2D eigenvalue weighted by Crippen LogP contribution is 2.17. The summed E-state index contributed by atoms with van der Waals surface area (Å²) in [6.45, 7) is 18.2. The number of ether oxygens (including phenoxy) is 8. The van der Waals surface area contributed by atoms with E-state index >= 15 is 0 Å². The molecule has 0 aliphatic rings. The molecule has 0 bridgehead atoms. The molecule has 0 heterocycles. The summed E-state index contributed by atoms with van der Waals surface area (Å²) >= 11 is 0. The van der Waals surface area contributed by atoms with Crippen molar-refractivity contribution >= 4 is 36.2 Å². The fourth-order valence-corrected chi connectivity index (χ4v) is 7.94. The second-order valence-corrected chi connectivity index (χ2v) is 18.9. The molecular weight excluding hydrogens is 925 g/mol. The van der Waals surface area contributed by atoms with E-state index in [1.165, 1.54) is 12.8 Å². The average Bonchev–Trinajstić information content (AvgIpc) is 3.35. The largest absolute Gasteiger partial charge is 0.508 e. The van der Waals surface area contributed by atoms with Gasteiger partial charge in [-0.3, -0.25) is 24.1 Å². The zero-order valence-electron chi connectivity index (χ0n) is 46.5. The zero-order chi connectivity index (χ0) is 53.1. The van der Waals surface area contributed by atoms with Crippen LogP contribution in [0.15, 0.2) is 0 Å². The summed E-state index contributed by atoms with van der Waals surface area (Å²) in [7, 11) is 0. The first kappa shape index (κ1) is 68.3. The first-order valence-corrected chi connectivity index (χ1v) is 28.7. The Bertz CT molecular complexity index is 1270. The van der Waals surface area contributed by atoms with Gasteiger partial charge in [0.15, 0.2) is 0 Å². The zero-order valence-corrected chi connectivity index (χ0v) is 46.5. The molecule has 0 amide bonds. The fraction of sp³-hybridized carbons (Fsp3) is 0.893. The SMILES string of the molecule is CCCCCCCOC(=O)CCCC(CCCC(=O)OCCCCCCC)OC(=O)OCCN(CCOC(=O)OC(CCCC(=O)OCCCCCC)CCCC(=O)OCCCCCC)CCN(CC)CC. The molecule has 0 saturated carbocycles. The topological polar surface area (TPSA) is 183 Å². The summed E-state index contributed by atoms with van der Waals surface area (Å²) in [6.07, 6.45) is 20.2. The molecule has 0 aliphatic carbocycles. The molecule has 0 radical (unpaired) electrons. The Hall–Kier alpha value is -3.66. The minimum atomic E-state index is -0.835. The maximum atomic E-state index is 13.1. The lowest BCUT2D eigenvalue weighted by Gasteiger charge is -2.26. The van der Waals surface area contributed by atoms with Crippen molar-refractivity contribution in [2.75, 3.05) is 78.9 Å². The summed E-state index contributed by atoms with van der Waals surface area (Å²) < 4.78 is 44.3. The monoisotopic (exact) mass is 1030 g/mol. The van der Waals surface area contributed by atoms with E-state index in [1.54, 1.807) is 0 Å². The molecule has 0 rings (SSSR count). The molecule has 0 aromatic rings. The molecule has 72 heavy (non-hydrogen) atoms. The Morgan fingerprint density at radius 3 is 0.875 bits per heavy atom. The van der Waals surface area contributed by atoms with Crippen molar-refractivity contribution in [1.82, 2.24) is 9.80 Å². The second-order valence-electron chi connectivity index (χ2n) is 18.9. The van der Waals surface area contributed by atoms with Crippen LogP contribution in [0.3, 0.4) is 0 Å². The average molecular weight is 1030 g/mol. The van der Waals surface area contributed by atoms with E-state index in [0.29, 0.717) is 97.4 Å². The van der Waals surface area contributed by atoms with Crippen molar-refractivity contribution in [3.63, 3.8) is 0 Å². The normalized spacial score (nSPS) is 11.3. The van der Waals surface area contributed by atoms with Gasteiger partial charge in [-0.2, -0.15) is 0 Å². The lowest BCUT2D eigenvalue weighted by Crippen LogP contribution is -2.39. The maximum Gasteiger partial charge on any atom is 0.508 e. The molecule has 0 atom stereocenters. The molecule has 0 aromatic heterocycles. The predicted molar refractivity (Wildman–Crippen MR) is 282 cm³/mol. The Balaban J connectivity index is 5.40. The van der Waals surface area contributed by atoms with Gasteiger partial charge in [-0.25, -0.2) is 9.59 Å². The van der Waals surface area contributed by atoms with Gasteiger partial charge in [0.2, 0.25) is 0 Å². The van der Waals surface area contributed by atoms with Gasteiger partial charge in [0.25, 0.3) is 0 Å². The van der Waals surface area contributed by atoms with Gasteiger partial charge in [0.05, 0.1) is 26.4 Å². The molecule has 0 aliphatic heterocycles. The number of carbonyl (C=O) groups excluding carboxylic acids is 6. The number of hydrogen-bond donors (Lipinski definition) is 0. The minimum Gasteiger partial charge on any atom is -0.466 e. The Morgan fingerprint density at radius 1 is 0.306 bits per heavy atom. The lowest BCUT2D eigenvalue weighted by atomic mass is 10.1. The van der Waals surface area contributed by atoms with Gasteiger partial charge < -0.3 is 42.8 Å². The second kappa shape index (κ2) is 50.9. The van der Waals surface area contributed by atoms with Crippen LogP contribution in [0.25, 0.3) is 0 Å². The van der Waals surface area contributed by atoms with Crippen LogP contribution in [0.1, 0.15) is 234 Å². The van der Waals surface area contributed by atoms with Crippen molar-refractivity contribution in [1.29, 1.82) is 0 Å². The number of likely N-dealkylation sites (N-methyl/N-ethyl adjacent to an activating group) is 1. The summed E-state index contributed by atoms with van der Waals surface area (Å²) in [6, 6.07) is 0. The third-order valence-electron chi connectivity index (χ3n) is 12.6. The van der Waals surface area contributed by atoms with Crippen molar-refractivity contribution < 1.29 is 66.7 Å². The molecule has 0 aromatic carbocycles. The fourth-order valence-electron chi connectivity index (χ4n) is 7.94. The van der Waals surface area contributed by atoms with Crippen molar-refractivity contribution in [3.8, 4) is 0 Å². The molecule has 0 saturated heterocycles.